The Morgan fingerprint density at radius 3 is 2.65 bits per heavy atom. The maximum Gasteiger partial charge on any atom is 0.251 e. The monoisotopic (exact) mass is 265 g/mol. The topological polar surface area (TPSA) is 32.7 Å². The van der Waals surface area contributed by atoms with Gasteiger partial charge in [-0.15, -0.1) is 0 Å². The molecule has 0 aliphatic rings. The number of hydrogen-bond donors (Lipinski definition) is 1. The van der Waals surface area contributed by atoms with Gasteiger partial charge in [0.1, 0.15) is 0 Å². The number of ether oxygens (including phenoxy) is 1. The molecule has 0 bridgehead atoms. The van der Waals surface area contributed by atoms with E-state index in [1.807, 2.05) is 0 Å². The summed E-state index contributed by atoms with van der Waals surface area (Å²) >= 11 is 5.79. The molecule has 0 heterocycles. The van der Waals surface area contributed by atoms with Gasteiger partial charge in [-0.1, -0.05) is 11.6 Å². The summed E-state index contributed by atoms with van der Waals surface area (Å²) in [6.45, 7) is -0.0124. The highest BCUT2D eigenvalue weighted by Gasteiger charge is 2.12. The molecule has 0 aromatic heterocycles. The van der Waals surface area contributed by atoms with Crippen LogP contribution in [0.3, 0.4) is 0 Å². The van der Waals surface area contributed by atoms with Gasteiger partial charge in [-0.2, -0.15) is 0 Å². The molecule has 0 radical (unpaired) electrons. The third-order valence-electron chi connectivity index (χ3n) is 2.21. The Kier molecular flexibility index (Phi) is 4.96. The molecule has 0 fully saturated rings. The maximum absolute atomic E-state index is 12.1. The first-order chi connectivity index (χ1) is 7.93. The van der Waals surface area contributed by atoms with Gasteiger partial charge < -0.3 is 9.84 Å². The van der Waals surface area contributed by atoms with Gasteiger partial charge in [0.25, 0.3) is 6.43 Å². The molecule has 0 amide bonds. The summed E-state index contributed by atoms with van der Waals surface area (Å²) in [6, 6.07) is 3.10. The Bertz CT molecular complexity index is 388. The molecule has 1 aromatic rings. The van der Waals surface area contributed by atoms with E-state index < -0.39 is 6.43 Å². The average Bonchev–Trinajstić information content (AvgIpc) is 2.21. The van der Waals surface area contributed by atoms with Crippen LogP contribution in [0, 0.1) is 0 Å². The summed E-state index contributed by atoms with van der Waals surface area (Å²) in [5.41, 5.74) is 0.702. The van der Waals surface area contributed by atoms with Crippen molar-refractivity contribution in [3.63, 3.8) is 0 Å². The van der Waals surface area contributed by atoms with Crippen LogP contribution >= 0.6 is 11.6 Å². The van der Waals surface area contributed by atoms with Gasteiger partial charge in [0.05, 0.1) is 18.7 Å². The highest BCUT2D eigenvalue weighted by Crippen LogP contribution is 2.35. The molecule has 3 nitrogen and oxygen atoms in total. The van der Waals surface area contributed by atoms with Crippen LogP contribution in [-0.2, 0) is 6.54 Å². The summed E-state index contributed by atoms with van der Waals surface area (Å²) in [5, 5.41) is 9.65. The number of rotatable bonds is 5. The Hall–Kier alpha value is -1.07. The lowest BCUT2D eigenvalue weighted by molar-refractivity contribution is 0.0975. The normalized spacial score (nSPS) is 11.2. The van der Waals surface area contributed by atoms with Crippen LogP contribution in [0.1, 0.15) is 5.56 Å². The van der Waals surface area contributed by atoms with Crippen molar-refractivity contribution in [3.05, 3.63) is 22.7 Å². The van der Waals surface area contributed by atoms with Gasteiger partial charge in [-0.05, 0) is 24.7 Å². The fourth-order valence-electron chi connectivity index (χ4n) is 1.49. The molecular weight excluding hydrogens is 252 g/mol. The number of methoxy groups -OCH3 is 1. The van der Waals surface area contributed by atoms with Crippen molar-refractivity contribution in [2.45, 2.75) is 13.0 Å². The van der Waals surface area contributed by atoms with Crippen molar-refractivity contribution in [1.29, 1.82) is 0 Å². The second-order valence-corrected chi connectivity index (χ2v) is 4.12. The van der Waals surface area contributed by atoms with Crippen LogP contribution in [-0.4, -0.2) is 37.1 Å². The summed E-state index contributed by atoms with van der Waals surface area (Å²) in [6.07, 6.45) is -2.38. The first kappa shape index (κ1) is 14.0. The number of aromatic hydroxyl groups is 1. The maximum atomic E-state index is 12.1. The summed E-state index contributed by atoms with van der Waals surface area (Å²) in [5.74, 6) is 0.0902. The Morgan fingerprint density at radius 1 is 1.47 bits per heavy atom. The molecule has 17 heavy (non-hydrogen) atoms. The van der Waals surface area contributed by atoms with Crippen LogP contribution in [0.4, 0.5) is 8.78 Å². The second-order valence-electron chi connectivity index (χ2n) is 3.72. The fourth-order valence-corrected chi connectivity index (χ4v) is 1.72. The molecule has 0 unspecified atom stereocenters. The number of halogens is 3. The van der Waals surface area contributed by atoms with E-state index in [2.05, 4.69) is 0 Å². The predicted molar refractivity (Wildman–Crippen MR) is 62.0 cm³/mol. The third kappa shape index (κ3) is 4.02. The minimum Gasteiger partial charge on any atom is -0.503 e. The largest absolute Gasteiger partial charge is 0.503 e. The minimum absolute atomic E-state index is 0.143. The summed E-state index contributed by atoms with van der Waals surface area (Å²) < 4.78 is 29.2. The van der Waals surface area contributed by atoms with E-state index in [1.54, 1.807) is 13.1 Å². The third-order valence-corrected chi connectivity index (χ3v) is 2.50. The van der Waals surface area contributed by atoms with Crippen molar-refractivity contribution in [1.82, 2.24) is 4.90 Å². The van der Waals surface area contributed by atoms with Gasteiger partial charge in [0.15, 0.2) is 11.5 Å². The van der Waals surface area contributed by atoms with Crippen LogP contribution in [0.25, 0.3) is 0 Å². The van der Waals surface area contributed by atoms with E-state index in [0.29, 0.717) is 12.1 Å². The number of nitrogens with zero attached hydrogens (tertiary/aromatic N) is 1. The van der Waals surface area contributed by atoms with Gasteiger partial charge in [-0.25, -0.2) is 8.78 Å². The standard InChI is InChI=1S/C11H14ClF2NO2/c1-15(6-10(13)14)5-7-3-8(12)11(16)9(4-7)17-2/h3-4,10,16H,5-6H2,1-2H3. The minimum atomic E-state index is -2.38. The molecule has 0 atom stereocenters. The smallest absolute Gasteiger partial charge is 0.251 e. The van der Waals surface area contributed by atoms with Crippen molar-refractivity contribution in [2.75, 3.05) is 20.7 Å². The zero-order valence-electron chi connectivity index (χ0n) is 9.58. The van der Waals surface area contributed by atoms with E-state index in [4.69, 9.17) is 16.3 Å². The lowest BCUT2D eigenvalue weighted by atomic mass is 10.2. The second kappa shape index (κ2) is 6.02. The quantitative estimate of drug-likeness (QED) is 0.889. The number of hydrogen-bond acceptors (Lipinski definition) is 3. The molecule has 1 aromatic carbocycles. The molecule has 6 heteroatoms. The fraction of sp³-hybridized carbons (Fsp3) is 0.455. The Balaban J connectivity index is 2.81. The number of phenolic OH excluding ortho intramolecular Hbond substituents is 1. The lowest BCUT2D eigenvalue weighted by Crippen LogP contribution is -2.24. The first-order valence-electron chi connectivity index (χ1n) is 4.96. The zero-order chi connectivity index (χ0) is 13.0. The van der Waals surface area contributed by atoms with Gasteiger partial charge in [0.2, 0.25) is 0 Å². The molecular formula is C11H14ClF2NO2. The Labute approximate surface area is 104 Å². The molecule has 0 spiro atoms. The van der Waals surface area contributed by atoms with E-state index >= 15 is 0 Å². The van der Waals surface area contributed by atoms with Crippen molar-refractivity contribution < 1.29 is 18.6 Å². The summed E-state index contributed by atoms with van der Waals surface area (Å²) in [7, 11) is 2.98. The molecule has 96 valence electrons. The van der Waals surface area contributed by atoms with Crippen LogP contribution in [0.2, 0.25) is 5.02 Å². The molecule has 0 saturated heterocycles. The number of phenols is 1. The van der Waals surface area contributed by atoms with E-state index in [-0.39, 0.29) is 23.1 Å². The molecule has 0 saturated carbocycles. The lowest BCUT2D eigenvalue weighted by Gasteiger charge is -2.17. The predicted octanol–water partition coefficient (Wildman–Crippen LogP) is 2.75. The highest BCUT2D eigenvalue weighted by molar-refractivity contribution is 6.32. The van der Waals surface area contributed by atoms with Crippen molar-refractivity contribution in [2.24, 2.45) is 0 Å². The summed E-state index contributed by atoms with van der Waals surface area (Å²) in [4.78, 5) is 1.47. The first-order valence-corrected chi connectivity index (χ1v) is 5.34. The Morgan fingerprint density at radius 2 is 2.12 bits per heavy atom. The van der Waals surface area contributed by atoms with Crippen LogP contribution in [0.5, 0.6) is 11.5 Å². The average molecular weight is 266 g/mol. The van der Waals surface area contributed by atoms with Gasteiger partial charge in [0, 0.05) is 6.54 Å². The van der Waals surface area contributed by atoms with E-state index in [1.165, 1.54) is 18.1 Å². The van der Waals surface area contributed by atoms with E-state index in [9.17, 15) is 13.9 Å². The van der Waals surface area contributed by atoms with Gasteiger partial charge in [-0.3, -0.25) is 4.90 Å². The van der Waals surface area contributed by atoms with Gasteiger partial charge >= 0.3 is 0 Å². The van der Waals surface area contributed by atoms with Crippen molar-refractivity contribution in [3.8, 4) is 11.5 Å². The van der Waals surface area contributed by atoms with Crippen LogP contribution < -0.4 is 4.74 Å². The van der Waals surface area contributed by atoms with Crippen molar-refractivity contribution >= 4 is 11.6 Å². The highest BCUT2D eigenvalue weighted by atomic mass is 35.5. The van der Waals surface area contributed by atoms with E-state index in [0.717, 1.165) is 0 Å². The zero-order valence-corrected chi connectivity index (χ0v) is 10.3. The van der Waals surface area contributed by atoms with Crippen LogP contribution in [0.15, 0.2) is 12.1 Å². The molecule has 0 aliphatic carbocycles. The SMILES string of the molecule is COc1cc(CN(C)CC(F)F)cc(Cl)c1O. The molecule has 0 aliphatic heterocycles. The number of benzene rings is 1. The molecule has 1 N–H and O–H groups in total. The molecule has 1 rings (SSSR count). The number of alkyl halides is 2.